The summed E-state index contributed by atoms with van der Waals surface area (Å²) in [6.45, 7) is 6.06. The van der Waals surface area contributed by atoms with E-state index in [4.69, 9.17) is 4.74 Å². The molecular formula is C22H26N2O3. The Hall–Kier alpha value is -2.56. The fraction of sp³-hybridized carbons (Fsp3) is 0.455. The fourth-order valence-corrected chi connectivity index (χ4v) is 4.15. The summed E-state index contributed by atoms with van der Waals surface area (Å²) in [6, 6.07) is 9.87. The predicted octanol–water partition coefficient (Wildman–Crippen LogP) is 4.28. The van der Waals surface area contributed by atoms with Gasteiger partial charge in [-0.3, -0.25) is 9.69 Å². The summed E-state index contributed by atoms with van der Waals surface area (Å²) in [6.07, 6.45) is 3.16. The number of benzene rings is 2. The van der Waals surface area contributed by atoms with Gasteiger partial charge in [0.2, 0.25) is 5.91 Å². The van der Waals surface area contributed by atoms with Crippen molar-refractivity contribution in [2.75, 3.05) is 11.9 Å². The zero-order chi connectivity index (χ0) is 19.2. The van der Waals surface area contributed by atoms with E-state index in [0.29, 0.717) is 13.0 Å². The number of rotatable bonds is 2. The molecule has 0 bridgehead atoms. The van der Waals surface area contributed by atoms with Crippen molar-refractivity contribution in [2.24, 2.45) is 0 Å². The van der Waals surface area contributed by atoms with Crippen LogP contribution in [-0.4, -0.2) is 35.1 Å². The zero-order valence-corrected chi connectivity index (χ0v) is 16.2. The van der Waals surface area contributed by atoms with Crippen LogP contribution in [0.3, 0.4) is 0 Å². The first-order chi connectivity index (χ1) is 12.8. The molecular weight excluding hydrogens is 340 g/mol. The molecule has 142 valence electrons. The molecule has 0 radical (unpaired) electrons. The van der Waals surface area contributed by atoms with Crippen molar-refractivity contribution in [3.63, 3.8) is 0 Å². The lowest BCUT2D eigenvalue weighted by molar-refractivity contribution is -0.120. The zero-order valence-electron chi connectivity index (χ0n) is 16.2. The summed E-state index contributed by atoms with van der Waals surface area (Å²) >= 11 is 0. The highest BCUT2D eigenvalue weighted by molar-refractivity contribution is 6.06. The van der Waals surface area contributed by atoms with E-state index in [1.807, 2.05) is 32.9 Å². The maximum absolute atomic E-state index is 13.0. The van der Waals surface area contributed by atoms with E-state index in [1.54, 1.807) is 4.90 Å². The molecule has 4 rings (SSSR count). The fourth-order valence-electron chi connectivity index (χ4n) is 4.15. The van der Waals surface area contributed by atoms with Gasteiger partial charge in [-0.15, -0.1) is 0 Å². The molecule has 1 atom stereocenters. The van der Waals surface area contributed by atoms with Crippen molar-refractivity contribution in [2.45, 2.75) is 58.1 Å². The average Bonchev–Trinajstić information content (AvgIpc) is 3.24. The number of amides is 2. The highest BCUT2D eigenvalue weighted by Gasteiger charge is 2.36. The number of aryl methyl sites for hydroxylation is 2. The van der Waals surface area contributed by atoms with E-state index < -0.39 is 17.7 Å². The number of anilines is 1. The van der Waals surface area contributed by atoms with Crippen molar-refractivity contribution in [3.05, 3.63) is 41.5 Å². The van der Waals surface area contributed by atoms with Gasteiger partial charge in [0.1, 0.15) is 11.6 Å². The molecule has 1 heterocycles. The molecule has 2 aromatic carbocycles. The Morgan fingerprint density at radius 1 is 1.11 bits per heavy atom. The highest BCUT2D eigenvalue weighted by Crippen LogP contribution is 2.35. The molecule has 27 heavy (non-hydrogen) atoms. The number of hydrogen-bond donors (Lipinski definition) is 1. The minimum atomic E-state index is -0.571. The van der Waals surface area contributed by atoms with E-state index in [-0.39, 0.29) is 5.91 Å². The van der Waals surface area contributed by atoms with Gasteiger partial charge in [-0.1, -0.05) is 24.3 Å². The number of nitrogens with zero attached hydrogens (tertiary/aromatic N) is 1. The van der Waals surface area contributed by atoms with Crippen LogP contribution in [-0.2, 0) is 22.4 Å². The molecule has 0 aromatic heterocycles. The topological polar surface area (TPSA) is 58.6 Å². The smallest absolute Gasteiger partial charge is 0.410 e. The van der Waals surface area contributed by atoms with Crippen molar-refractivity contribution in [1.29, 1.82) is 0 Å². The summed E-state index contributed by atoms with van der Waals surface area (Å²) in [4.78, 5) is 27.0. The van der Waals surface area contributed by atoms with Gasteiger partial charge < -0.3 is 10.1 Å². The highest BCUT2D eigenvalue weighted by atomic mass is 16.6. The predicted molar refractivity (Wildman–Crippen MR) is 106 cm³/mol. The van der Waals surface area contributed by atoms with E-state index in [0.717, 1.165) is 30.3 Å². The molecule has 5 heteroatoms. The number of nitrogens with one attached hydrogen (secondary N) is 1. The van der Waals surface area contributed by atoms with Crippen LogP contribution >= 0.6 is 0 Å². The Morgan fingerprint density at radius 2 is 1.85 bits per heavy atom. The molecule has 0 spiro atoms. The van der Waals surface area contributed by atoms with Gasteiger partial charge in [0, 0.05) is 17.6 Å². The van der Waals surface area contributed by atoms with E-state index >= 15 is 0 Å². The van der Waals surface area contributed by atoms with E-state index in [2.05, 4.69) is 23.5 Å². The third-order valence-corrected chi connectivity index (χ3v) is 5.32. The van der Waals surface area contributed by atoms with Gasteiger partial charge in [-0.25, -0.2) is 4.79 Å². The second kappa shape index (κ2) is 6.55. The number of carbonyl (C=O) groups is 2. The summed E-state index contributed by atoms with van der Waals surface area (Å²) in [5.41, 5.74) is 2.93. The second-order valence-electron chi connectivity index (χ2n) is 8.43. The monoisotopic (exact) mass is 366 g/mol. The lowest BCUT2D eigenvalue weighted by Gasteiger charge is -2.28. The van der Waals surface area contributed by atoms with Gasteiger partial charge >= 0.3 is 6.09 Å². The van der Waals surface area contributed by atoms with Crippen LogP contribution < -0.4 is 5.32 Å². The van der Waals surface area contributed by atoms with E-state index in [1.165, 1.54) is 16.5 Å². The van der Waals surface area contributed by atoms with Crippen molar-refractivity contribution < 1.29 is 14.3 Å². The van der Waals surface area contributed by atoms with Gasteiger partial charge in [-0.05, 0) is 69.0 Å². The molecule has 2 amide bonds. The summed E-state index contributed by atoms with van der Waals surface area (Å²) in [5.74, 6) is -0.142. The van der Waals surface area contributed by atoms with Crippen LogP contribution in [0.4, 0.5) is 10.5 Å². The lowest BCUT2D eigenvalue weighted by atomic mass is 10.0. The molecule has 2 aromatic rings. The third-order valence-electron chi connectivity index (χ3n) is 5.32. The maximum atomic E-state index is 13.0. The van der Waals surface area contributed by atoms with Crippen LogP contribution in [0.1, 0.15) is 44.7 Å². The van der Waals surface area contributed by atoms with Gasteiger partial charge in [0.15, 0.2) is 0 Å². The molecule has 1 saturated heterocycles. The van der Waals surface area contributed by atoms with Crippen molar-refractivity contribution in [3.8, 4) is 0 Å². The number of ether oxygens (including phenoxy) is 1. The Balaban J connectivity index is 1.56. The van der Waals surface area contributed by atoms with Crippen LogP contribution in [0.2, 0.25) is 0 Å². The Kier molecular flexibility index (Phi) is 4.33. The van der Waals surface area contributed by atoms with Gasteiger partial charge in [0.25, 0.3) is 0 Å². The summed E-state index contributed by atoms with van der Waals surface area (Å²) in [7, 11) is 0. The molecule has 0 unspecified atom stereocenters. The van der Waals surface area contributed by atoms with Crippen LogP contribution in [0, 0.1) is 0 Å². The normalized spacial score (nSPS) is 18.8. The lowest BCUT2D eigenvalue weighted by Crippen LogP contribution is -2.45. The molecule has 1 fully saturated rings. The minimum absolute atomic E-state index is 0.142. The quantitative estimate of drug-likeness (QED) is 0.863. The standard InChI is InChI=1S/C22H26N2O3/c1-22(2,3)27-21(26)24-13-5-8-18(24)20(25)23-17-12-11-15-10-9-14-6-4-7-16(17)19(14)15/h4,6-7,11-12,18H,5,8-10,13H2,1-3H3,(H,23,25)/t18-/m0/s1. The molecule has 1 N–H and O–H groups in total. The number of likely N-dealkylation sites (tertiary alicyclic amines) is 1. The first-order valence-corrected chi connectivity index (χ1v) is 9.67. The first-order valence-electron chi connectivity index (χ1n) is 9.67. The third kappa shape index (κ3) is 3.38. The number of hydrogen-bond acceptors (Lipinski definition) is 3. The molecule has 1 aliphatic carbocycles. The molecule has 2 aliphatic rings. The molecule has 5 nitrogen and oxygen atoms in total. The molecule has 0 saturated carbocycles. The summed E-state index contributed by atoms with van der Waals surface area (Å²) in [5, 5.41) is 5.42. The van der Waals surface area contributed by atoms with Gasteiger partial charge in [-0.2, -0.15) is 0 Å². The Morgan fingerprint density at radius 3 is 2.59 bits per heavy atom. The van der Waals surface area contributed by atoms with Crippen LogP contribution in [0.15, 0.2) is 30.3 Å². The van der Waals surface area contributed by atoms with E-state index in [9.17, 15) is 9.59 Å². The Bertz CT molecular complexity index is 903. The summed E-state index contributed by atoms with van der Waals surface area (Å²) < 4.78 is 5.47. The van der Waals surface area contributed by atoms with Gasteiger partial charge in [0.05, 0.1) is 0 Å². The largest absolute Gasteiger partial charge is 0.444 e. The average molecular weight is 366 g/mol. The van der Waals surface area contributed by atoms with Crippen LogP contribution in [0.5, 0.6) is 0 Å². The van der Waals surface area contributed by atoms with Crippen molar-refractivity contribution in [1.82, 2.24) is 4.90 Å². The van der Waals surface area contributed by atoms with Crippen LogP contribution in [0.25, 0.3) is 10.8 Å². The SMILES string of the molecule is CC(C)(C)OC(=O)N1CCC[C@H]1C(=O)Nc1ccc2c3c(cccc13)CC2. The first kappa shape index (κ1) is 17.8. The number of carbonyl (C=O) groups excluding carboxylic acids is 2. The van der Waals surface area contributed by atoms with Crippen molar-refractivity contribution >= 4 is 28.5 Å². The molecule has 1 aliphatic heterocycles. The maximum Gasteiger partial charge on any atom is 0.410 e. The second-order valence-corrected chi connectivity index (χ2v) is 8.43. The Labute approximate surface area is 159 Å². The minimum Gasteiger partial charge on any atom is -0.444 e.